The minimum absolute atomic E-state index is 0.0379. The second-order valence-corrected chi connectivity index (χ2v) is 15.7. The molecule has 0 saturated carbocycles. The lowest BCUT2D eigenvalue weighted by Crippen LogP contribution is -2.44. The number of hydrogen-bond donors (Lipinski definition) is 2. The fourth-order valence-electron chi connectivity index (χ4n) is 7.82. The third kappa shape index (κ3) is 6.73. The van der Waals surface area contributed by atoms with Gasteiger partial charge >= 0.3 is 6.09 Å². The first kappa shape index (κ1) is 36.4. The Labute approximate surface area is 314 Å². The van der Waals surface area contributed by atoms with Crippen LogP contribution in [0.1, 0.15) is 44.0 Å². The highest BCUT2D eigenvalue weighted by Crippen LogP contribution is 2.35. The van der Waals surface area contributed by atoms with Gasteiger partial charge in [0, 0.05) is 73.6 Å². The number of alkyl carbamates (subject to hydrolysis) is 1. The summed E-state index contributed by atoms with van der Waals surface area (Å²) < 4.78 is 29.6. The van der Waals surface area contributed by atoms with Crippen LogP contribution in [0.5, 0.6) is 0 Å². The summed E-state index contributed by atoms with van der Waals surface area (Å²) in [6.45, 7) is 10.8. The van der Waals surface area contributed by atoms with Crippen molar-refractivity contribution in [1.29, 1.82) is 0 Å². The maximum Gasteiger partial charge on any atom is 0.407 e. The molecule has 1 unspecified atom stereocenters. The normalized spacial score (nSPS) is 17.3. The van der Waals surface area contributed by atoms with Gasteiger partial charge in [-0.3, -0.25) is 19.2 Å². The minimum atomic E-state index is -0.736. The van der Waals surface area contributed by atoms with Crippen molar-refractivity contribution in [3.63, 3.8) is 0 Å². The number of hydrogen-bond acceptors (Lipinski definition) is 10. The molecule has 4 aromatic carbocycles. The molecule has 8 rings (SSSR count). The Morgan fingerprint density at radius 1 is 0.909 bits per heavy atom. The van der Waals surface area contributed by atoms with Gasteiger partial charge in [0.2, 0.25) is 5.43 Å². The molecule has 6 aromatic rings. The maximum atomic E-state index is 16.2. The Morgan fingerprint density at radius 2 is 1.60 bits per heavy atom. The van der Waals surface area contributed by atoms with Crippen molar-refractivity contribution in [1.82, 2.24) is 24.4 Å². The molecule has 2 N–H and O–H groups in total. The summed E-state index contributed by atoms with van der Waals surface area (Å²) >= 11 is 0. The fraction of sp³-hybridized carbons (Fsp3) is 0.390. The monoisotopic (exact) mass is 750 g/mol. The zero-order chi connectivity index (χ0) is 38.8. The van der Waals surface area contributed by atoms with Gasteiger partial charge < -0.3 is 38.9 Å². The number of nitrogens with one attached hydrogen (secondary N) is 2. The highest BCUT2D eigenvalue weighted by molar-refractivity contribution is 6.08. The summed E-state index contributed by atoms with van der Waals surface area (Å²) in [5.74, 6) is -1.33. The molecule has 2 amide bonds. The van der Waals surface area contributed by atoms with Crippen LogP contribution in [0.25, 0.3) is 49.1 Å². The van der Waals surface area contributed by atoms with E-state index in [2.05, 4.69) is 27.5 Å². The fourth-order valence-corrected chi connectivity index (χ4v) is 7.82. The van der Waals surface area contributed by atoms with Crippen LogP contribution in [0, 0.1) is 5.82 Å². The summed E-state index contributed by atoms with van der Waals surface area (Å²) in [5.41, 5.74) is -1.54. The van der Waals surface area contributed by atoms with E-state index in [1.807, 2.05) is 0 Å². The Bertz CT molecular complexity index is 2700. The number of amides is 2. The number of pyridine rings is 1. The maximum absolute atomic E-state index is 16.2. The number of aromatic nitrogens is 1. The number of halogens is 1. The van der Waals surface area contributed by atoms with Gasteiger partial charge in [0.1, 0.15) is 22.4 Å². The number of piperazine rings is 1. The van der Waals surface area contributed by atoms with Crippen LogP contribution in [-0.4, -0.2) is 102 Å². The second kappa shape index (κ2) is 13.9. The number of fused-ring (bicyclic) bond motifs is 4. The van der Waals surface area contributed by atoms with Gasteiger partial charge in [0.05, 0.1) is 16.9 Å². The zero-order valence-electron chi connectivity index (χ0n) is 31.3. The molecule has 13 nitrogen and oxygen atoms in total. The first-order chi connectivity index (χ1) is 26.3. The quantitative estimate of drug-likeness (QED) is 0.135. The molecule has 2 aromatic heterocycles. The van der Waals surface area contributed by atoms with E-state index in [9.17, 15) is 24.0 Å². The van der Waals surface area contributed by atoms with Crippen LogP contribution in [0.2, 0.25) is 0 Å². The number of rotatable bonds is 7. The molecule has 0 radical (unpaired) electrons. The lowest BCUT2D eigenvalue weighted by Gasteiger charge is -2.32. The van der Waals surface area contributed by atoms with Gasteiger partial charge in [-0.1, -0.05) is 24.3 Å². The summed E-state index contributed by atoms with van der Waals surface area (Å²) in [5, 5.41) is 6.73. The van der Waals surface area contributed by atoms with E-state index < -0.39 is 34.9 Å². The average molecular weight is 751 g/mol. The van der Waals surface area contributed by atoms with Gasteiger partial charge in [-0.2, -0.15) is 0 Å². The van der Waals surface area contributed by atoms with Gasteiger partial charge in [-0.25, -0.2) is 9.18 Å². The zero-order valence-corrected chi connectivity index (χ0v) is 31.3. The number of anilines is 1. The van der Waals surface area contributed by atoms with Crippen molar-refractivity contribution >= 4 is 66.8 Å². The first-order valence-electron chi connectivity index (χ1n) is 18.7. The topological polar surface area (TPSA) is 146 Å². The molecule has 2 fully saturated rings. The number of ether oxygens (including phenoxy) is 1. The van der Waals surface area contributed by atoms with Gasteiger partial charge in [-0.05, 0) is 65.4 Å². The van der Waals surface area contributed by atoms with Gasteiger partial charge in [0.25, 0.3) is 5.91 Å². The molecule has 0 bridgehead atoms. The predicted octanol–water partition coefficient (Wildman–Crippen LogP) is 4.59. The predicted molar refractivity (Wildman–Crippen MR) is 210 cm³/mol. The van der Waals surface area contributed by atoms with E-state index in [0.717, 1.165) is 45.2 Å². The SMILES string of the molecule is CN1CCN(CCCNc2c(F)cc3c(=O)c(C(=O)N4CCC(NC(=O)OC(C)(C)C)C4)cn4c5cc6c(=O)c7ccccc7c(=O)c6cc5oc2c34)CC1. The minimum Gasteiger partial charge on any atom is -0.451 e. The lowest BCUT2D eigenvalue weighted by molar-refractivity contribution is 0.0502. The van der Waals surface area contributed by atoms with Crippen LogP contribution >= 0.6 is 0 Å². The van der Waals surface area contributed by atoms with Crippen molar-refractivity contribution in [2.75, 3.05) is 64.7 Å². The van der Waals surface area contributed by atoms with Crippen molar-refractivity contribution in [3.05, 3.63) is 90.7 Å². The van der Waals surface area contributed by atoms with Gasteiger partial charge in [0.15, 0.2) is 27.8 Å². The standard InChI is InChI=1S/C41H43FN6O7/c1-41(2,3)55-40(53)44-23-10-13-47(21-23)39(52)29-22-48-31-19-26-27(36(50)25-9-6-5-8-24(25)35(26)49)20-32(31)54-38-33(30(42)18-28(34(38)48)37(29)51)43-11-7-12-46-16-14-45(4)15-17-46/h5-6,8-9,18-20,22-23,43H,7,10-17,21H2,1-4H3,(H,44,53). The third-order valence-corrected chi connectivity index (χ3v) is 10.6. The smallest absolute Gasteiger partial charge is 0.407 e. The molecule has 0 spiro atoms. The summed E-state index contributed by atoms with van der Waals surface area (Å²) in [6.07, 6.45) is 1.96. The second-order valence-electron chi connectivity index (χ2n) is 15.7. The lowest BCUT2D eigenvalue weighted by atomic mass is 10.0. The molecular formula is C41H43FN6O7. The summed E-state index contributed by atoms with van der Waals surface area (Å²) in [6, 6.07) is 10.3. The van der Waals surface area contributed by atoms with Gasteiger partial charge in [-0.15, -0.1) is 0 Å². The number of nitrogens with zero attached hydrogens (tertiary/aromatic N) is 4. The molecule has 2 saturated heterocycles. The molecule has 286 valence electrons. The molecule has 14 heteroatoms. The van der Waals surface area contributed by atoms with Crippen molar-refractivity contribution in [3.8, 4) is 0 Å². The Balaban J connectivity index is 1.24. The molecular weight excluding hydrogens is 707 g/mol. The number of likely N-dealkylation sites (tertiary alicyclic amines) is 1. The third-order valence-electron chi connectivity index (χ3n) is 10.6. The van der Waals surface area contributed by atoms with E-state index in [-0.39, 0.29) is 78.8 Å². The van der Waals surface area contributed by atoms with Crippen molar-refractivity contribution in [2.24, 2.45) is 0 Å². The molecule has 0 aliphatic carbocycles. The number of carbonyl (C=O) groups is 2. The van der Waals surface area contributed by atoms with Crippen LogP contribution in [0.4, 0.5) is 14.9 Å². The van der Waals surface area contributed by atoms with E-state index in [0.29, 0.717) is 18.5 Å². The average Bonchev–Trinajstić information content (AvgIpc) is 3.61. The summed E-state index contributed by atoms with van der Waals surface area (Å²) in [7, 11) is 2.10. The Morgan fingerprint density at radius 3 is 2.29 bits per heavy atom. The number of benzene rings is 4. The van der Waals surface area contributed by atoms with E-state index in [1.165, 1.54) is 23.2 Å². The largest absolute Gasteiger partial charge is 0.451 e. The van der Waals surface area contributed by atoms with Crippen LogP contribution < -0.4 is 26.9 Å². The van der Waals surface area contributed by atoms with Crippen LogP contribution in [-0.2, 0) is 4.74 Å². The molecule has 2 aliphatic rings. The summed E-state index contributed by atoms with van der Waals surface area (Å²) in [4.78, 5) is 74.3. The molecule has 2 aliphatic heterocycles. The van der Waals surface area contributed by atoms with Crippen LogP contribution in [0.3, 0.4) is 0 Å². The highest BCUT2D eigenvalue weighted by Gasteiger charge is 2.32. The molecule has 4 heterocycles. The van der Waals surface area contributed by atoms with Crippen molar-refractivity contribution < 1.29 is 23.1 Å². The van der Waals surface area contributed by atoms with E-state index in [4.69, 9.17) is 9.15 Å². The Kier molecular flexibility index (Phi) is 9.20. The van der Waals surface area contributed by atoms with E-state index in [1.54, 1.807) is 49.4 Å². The van der Waals surface area contributed by atoms with Crippen LogP contribution in [0.15, 0.2) is 67.5 Å². The molecule has 55 heavy (non-hydrogen) atoms. The Hall–Kier alpha value is -5.60. The van der Waals surface area contributed by atoms with E-state index >= 15 is 4.39 Å². The number of likely N-dealkylation sites (N-methyl/N-ethyl adjacent to an activating group) is 1. The highest BCUT2D eigenvalue weighted by atomic mass is 19.1. The number of carbonyl (C=O) groups excluding carboxylic acids is 2. The van der Waals surface area contributed by atoms with Crippen molar-refractivity contribution in [2.45, 2.75) is 45.3 Å². The molecule has 1 atom stereocenters. The first-order valence-corrected chi connectivity index (χ1v) is 18.7.